The molecule has 0 aliphatic rings. The molecule has 0 aliphatic heterocycles. The van der Waals surface area contributed by atoms with Crippen LogP contribution in [0.3, 0.4) is 0 Å². The first-order valence-corrected chi connectivity index (χ1v) is 12.2. The smallest absolute Gasteiger partial charge is 0.105 e. The monoisotopic (exact) mass is 521 g/mol. The van der Waals surface area contributed by atoms with Gasteiger partial charge in [0.2, 0.25) is 0 Å². The highest BCUT2D eigenvalue weighted by Gasteiger charge is 2.27. The van der Waals surface area contributed by atoms with Gasteiger partial charge >= 0.3 is 0 Å². The molecule has 1 nitrogen and oxygen atoms in total. The molecule has 2 rings (SSSR count). The van der Waals surface area contributed by atoms with E-state index in [-0.39, 0.29) is 24.0 Å². The average Bonchev–Trinajstić information content (AvgIpc) is 2.75. The van der Waals surface area contributed by atoms with Crippen LogP contribution >= 0.6 is 0 Å². The lowest BCUT2D eigenvalue weighted by Gasteiger charge is -2.39. The number of hydrogen-bond acceptors (Lipinski definition) is 0. The van der Waals surface area contributed by atoms with Crippen molar-refractivity contribution in [2.24, 2.45) is 0 Å². The lowest BCUT2D eigenvalue weighted by molar-refractivity contribution is -0.954. The standard InChI is InChI=1S/C28H44N.HI/c1-3-5-7-9-17-23-29(24-18-10-8-6-4-2,25-27-19-13-11-14-20-27)26-28-21-15-12-16-22-28;/h11-16,19-22H,3-10,17-18,23-26H2,1-2H3;1H/q+1;/p-1. The van der Waals surface area contributed by atoms with Crippen molar-refractivity contribution in [3.05, 3.63) is 71.8 Å². The first-order valence-electron chi connectivity index (χ1n) is 12.2. The molecular formula is C28H44IN. The minimum atomic E-state index is 0. The van der Waals surface area contributed by atoms with E-state index >= 15 is 0 Å². The van der Waals surface area contributed by atoms with Crippen LogP contribution in [-0.2, 0) is 13.1 Å². The molecule has 0 bridgehead atoms. The second kappa shape index (κ2) is 16.8. The summed E-state index contributed by atoms with van der Waals surface area (Å²) in [5.41, 5.74) is 2.98. The van der Waals surface area contributed by atoms with Crippen LogP contribution in [0.25, 0.3) is 0 Å². The van der Waals surface area contributed by atoms with Gasteiger partial charge in [0.1, 0.15) is 13.1 Å². The Morgan fingerprint density at radius 1 is 0.500 bits per heavy atom. The molecule has 2 aromatic rings. The molecule has 0 unspecified atom stereocenters. The molecule has 0 amide bonds. The van der Waals surface area contributed by atoms with Crippen molar-refractivity contribution in [3.8, 4) is 0 Å². The SMILES string of the molecule is CCCCCCC[N+](CCCCCCC)(Cc1ccccc1)Cc1ccccc1.[I-]. The fraction of sp³-hybridized carbons (Fsp3) is 0.571. The largest absolute Gasteiger partial charge is 1.00 e. The molecular weight excluding hydrogens is 477 g/mol. The number of quaternary nitrogens is 1. The van der Waals surface area contributed by atoms with Gasteiger partial charge in [0.15, 0.2) is 0 Å². The van der Waals surface area contributed by atoms with E-state index in [9.17, 15) is 0 Å². The minimum Gasteiger partial charge on any atom is -1.00 e. The normalized spacial score (nSPS) is 11.3. The molecule has 0 atom stereocenters. The lowest BCUT2D eigenvalue weighted by Crippen LogP contribution is -3.00. The van der Waals surface area contributed by atoms with Crippen molar-refractivity contribution in [1.29, 1.82) is 0 Å². The third kappa shape index (κ3) is 10.9. The summed E-state index contributed by atoms with van der Waals surface area (Å²) in [4.78, 5) is 0. The Labute approximate surface area is 203 Å². The number of rotatable bonds is 16. The van der Waals surface area contributed by atoms with Gasteiger partial charge in [-0.2, -0.15) is 0 Å². The van der Waals surface area contributed by atoms with Crippen molar-refractivity contribution >= 4 is 0 Å². The van der Waals surface area contributed by atoms with E-state index < -0.39 is 0 Å². The van der Waals surface area contributed by atoms with E-state index in [1.807, 2.05) is 0 Å². The van der Waals surface area contributed by atoms with Crippen molar-refractivity contribution in [1.82, 2.24) is 0 Å². The molecule has 30 heavy (non-hydrogen) atoms. The fourth-order valence-electron chi connectivity index (χ4n) is 4.53. The summed E-state index contributed by atoms with van der Waals surface area (Å²) in [6.07, 6.45) is 13.7. The van der Waals surface area contributed by atoms with Crippen molar-refractivity contribution in [2.75, 3.05) is 13.1 Å². The van der Waals surface area contributed by atoms with Crippen molar-refractivity contribution < 1.29 is 28.5 Å². The Bertz CT molecular complexity index is 568. The second-order valence-corrected chi connectivity index (χ2v) is 8.90. The van der Waals surface area contributed by atoms with Crippen LogP contribution in [0.4, 0.5) is 0 Å². The fourth-order valence-corrected chi connectivity index (χ4v) is 4.53. The molecule has 0 N–H and O–H groups in total. The summed E-state index contributed by atoms with van der Waals surface area (Å²) >= 11 is 0. The van der Waals surface area contributed by atoms with E-state index in [4.69, 9.17) is 0 Å². The summed E-state index contributed by atoms with van der Waals surface area (Å²) in [6, 6.07) is 22.4. The highest BCUT2D eigenvalue weighted by atomic mass is 127. The lowest BCUT2D eigenvalue weighted by atomic mass is 10.1. The van der Waals surface area contributed by atoms with Gasteiger partial charge in [-0.15, -0.1) is 0 Å². The third-order valence-corrected chi connectivity index (χ3v) is 6.19. The van der Waals surface area contributed by atoms with Crippen molar-refractivity contribution in [3.63, 3.8) is 0 Å². The first-order chi connectivity index (χ1) is 14.3. The summed E-state index contributed by atoms with van der Waals surface area (Å²) < 4.78 is 1.21. The van der Waals surface area contributed by atoms with Crippen LogP contribution in [0.15, 0.2) is 60.7 Å². The number of benzene rings is 2. The van der Waals surface area contributed by atoms with Gasteiger partial charge in [0.25, 0.3) is 0 Å². The quantitative estimate of drug-likeness (QED) is 0.163. The van der Waals surface area contributed by atoms with Crippen LogP contribution in [0.5, 0.6) is 0 Å². The van der Waals surface area contributed by atoms with Gasteiger partial charge in [-0.05, 0) is 25.7 Å². The van der Waals surface area contributed by atoms with Crippen LogP contribution in [0.1, 0.15) is 89.2 Å². The molecule has 2 heteroatoms. The van der Waals surface area contributed by atoms with Crippen molar-refractivity contribution in [2.45, 2.75) is 91.1 Å². The molecule has 168 valence electrons. The summed E-state index contributed by atoms with van der Waals surface area (Å²) in [7, 11) is 0. The van der Waals surface area contributed by atoms with Gasteiger partial charge in [-0.3, -0.25) is 0 Å². The van der Waals surface area contributed by atoms with E-state index in [0.29, 0.717) is 0 Å². The zero-order valence-corrected chi connectivity index (χ0v) is 21.7. The number of halogens is 1. The molecule has 0 aromatic heterocycles. The number of unbranched alkanes of at least 4 members (excludes halogenated alkanes) is 8. The molecule has 0 aliphatic carbocycles. The number of hydrogen-bond donors (Lipinski definition) is 0. The molecule has 0 fully saturated rings. The van der Waals surface area contributed by atoms with Gasteiger partial charge < -0.3 is 28.5 Å². The highest BCUT2D eigenvalue weighted by molar-refractivity contribution is 5.15. The molecule has 0 heterocycles. The average molecular weight is 522 g/mol. The Hall–Kier alpha value is -0.870. The van der Waals surface area contributed by atoms with E-state index in [1.165, 1.54) is 92.9 Å². The molecule has 0 saturated carbocycles. The zero-order chi connectivity index (χ0) is 20.6. The highest BCUT2D eigenvalue weighted by Crippen LogP contribution is 2.24. The summed E-state index contributed by atoms with van der Waals surface area (Å²) in [5, 5.41) is 0. The topological polar surface area (TPSA) is 0 Å². The van der Waals surface area contributed by atoms with Crippen LogP contribution in [0, 0.1) is 0 Å². The maximum atomic E-state index is 2.33. The molecule has 0 radical (unpaired) electrons. The van der Waals surface area contributed by atoms with Gasteiger partial charge in [0.05, 0.1) is 13.1 Å². The predicted octanol–water partition coefficient (Wildman–Crippen LogP) is 5.15. The zero-order valence-electron chi connectivity index (χ0n) is 19.5. The first kappa shape index (κ1) is 27.2. The molecule has 2 aromatic carbocycles. The van der Waals surface area contributed by atoms with E-state index in [0.717, 1.165) is 13.1 Å². The van der Waals surface area contributed by atoms with E-state index in [1.54, 1.807) is 0 Å². The Morgan fingerprint density at radius 3 is 1.23 bits per heavy atom. The van der Waals surface area contributed by atoms with Gasteiger partial charge in [-0.1, -0.05) is 113 Å². The predicted molar refractivity (Wildman–Crippen MR) is 128 cm³/mol. The maximum Gasteiger partial charge on any atom is 0.105 e. The minimum absolute atomic E-state index is 0. The molecule has 0 spiro atoms. The molecule has 0 saturated heterocycles. The Balaban J connectivity index is 0.00000450. The maximum absolute atomic E-state index is 2.33. The van der Waals surface area contributed by atoms with Gasteiger partial charge in [0, 0.05) is 11.1 Å². The third-order valence-electron chi connectivity index (χ3n) is 6.19. The second-order valence-electron chi connectivity index (χ2n) is 8.90. The summed E-state index contributed by atoms with van der Waals surface area (Å²) in [5.74, 6) is 0. The van der Waals surface area contributed by atoms with E-state index in [2.05, 4.69) is 74.5 Å². The van der Waals surface area contributed by atoms with Crippen LogP contribution in [-0.4, -0.2) is 17.6 Å². The van der Waals surface area contributed by atoms with Crippen LogP contribution in [0.2, 0.25) is 0 Å². The summed E-state index contributed by atoms with van der Waals surface area (Å²) in [6.45, 7) is 9.56. The Morgan fingerprint density at radius 2 is 0.867 bits per heavy atom. The number of nitrogens with zero attached hydrogens (tertiary/aromatic N) is 1. The Kier molecular flexibility index (Phi) is 15.2. The van der Waals surface area contributed by atoms with Gasteiger partial charge in [-0.25, -0.2) is 0 Å². The van der Waals surface area contributed by atoms with Crippen LogP contribution < -0.4 is 24.0 Å².